The van der Waals surface area contributed by atoms with Crippen molar-refractivity contribution in [3.05, 3.63) is 36.4 Å². The predicted molar refractivity (Wildman–Crippen MR) is 77.7 cm³/mol. The fraction of sp³-hybridized carbons (Fsp3) is 0.429. The van der Waals surface area contributed by atoms with Gasteiger partial charge in [0.15, 0.2) is 0 Å². The molecule has 1 aromatic rings. The van der Waals surface area contributed by atoms with Crippen LogP contribution in [0.15, 0.2) is 41.3 Å². The fourth-order valence-corrected chi connectivity index (χ4v) is 3.16. The Morgan fingerprint density at radius 3 is 2.74 bits per heavy atom. The highest BCUT2D eigenvalue weighted by atomic mass is 32.2. The van der Waals surface area contributed by atoms with Crippen molar-refractivity contribution in [1.82, 2.24) is 4.72 Å². The first-order valence-electron chi connectivity index (χ1n) is 6.55. The standard InChI is InChI=1S/C14H20N2O2S/c1-15-19(17,18)14-10-6-5-9-13(14)16-11-12-7-3-2-4-8-12/h2-3,5-6,9-10,12,15-16H,4,7-8,11H2,1H3. The Balaban J connectivity index is 2.10. The van der Waals surface area contributed by atoms with Gasteiger partial charge >= 0.3 is 0 Å². The minimum Gasteiger partial charge on any atom is -0.384 e. The van der Waals surface area contributed by atoms with Gasteiger partial charge in [-0.2, -0.15) is 0 Å². The van der Waals surface area contributed by atoms with Gasteiger partial charge in [0.25, 0.3) is 0 Å². The van der Waals surface area contributed by atoms with Crippen LogP contribution in [0, 0.1) is 5.92 Å². The number of hydrogen-bond donors (Lipinski definition) is 2. The van der Waals surface area contributed by atoms with Gasteiger partial charge in [-0.3, -0.25) is 0 Å². The third-order valence-electron chi connectivity index (χ3n) is 3.40. The van der Waals surface area contributed by atoms with Crippen molar-refractivity contribution in [2.75, 3.05) is 18.9 Å². The van der Waals surface area contributed by atoms with E-state index in [0.717, 1.165) is 25.8 Å². The summed E-state index contributed by atoms with van der Waals surface area (Å²) in [5, 5.41) is 3.27. The molecular weight excluding hydrogens is 260 g/mol. The highest BCUT2D eigenvalue weighted by Crippen LogP contribution is 2.23. The second kappa shape index (κ2) is 6.21. The van der Waals surface area contributed by atoms with E-state index in [1.807, 2.05) is 12.1 Å². The SMILES string of the molecule is CNS(=O)(=O)c1ccccc1NCC1CC=CCC1. The minimum atomic E-state index is -3.41. The number of sulfonamides is 1. The van der Waals surface area contributed by atoms with E-state index >= 15 is 0 Å². The summed E-state index contributed by atoms with van der Waals surface area (Å²) in [6.07, 6.45) is 7.74. The van der Waals surface area contributed by atoms with Gasteiger partial charge < -0.3 is 5.32 Å². The van der Waals surface area contributed by atoms with E-state index in [4.69, 9.17) is 0 Å². The molecule has 0 amide bonds. The zero-order valence-electron chi connectivity index (χ0n) is 11.1. The molecule has 1 aliphatic rings. The fourth-order valence-electron chi connectivity index (χ4n) is 2.25. The molecule has 0 spiro atoms. The third kappa shape index (κ3) is 3.58. The predicted octanol–water partition coefficient (Wildman–Crippen LogP) is 2.36. The Hall–Kier alpha value is -1.33. The minimum absolute atomic E-state index is 0.309. The van der Waals surface area contributed by atoms with Gasteiger partial charge in [-0.15, -0.1) is 0 Å². The topological polar surface area (TPSA) is 58.2 Å². The highest BCUT2D eigenvalue weighted by molar-refractivity contribution is 7.89. The van der Waals surface area contributed by atoms with E-state index in [-0.39, 0.29) is 0 Å². The number of anilines is 1. The monoisotopic (exact) mass is 280 g/mol. The number of hydrogen-bond acceptors (Lipinski definition) is 3. The van der Waals surface area contributed by atoms with Crippen LogP contribution in [0.3, 0.4) is 0 Å². The van der Waals surface area contributed by atoms with Crippen molar-refractivity contribution in [2.24, 2.45) is 5.92 Å². The van der Waals surface area contributed by atoms with Crippen LogP contribution in [0.1, 0.15) is 19.3 Å². The summed E-state index contributed by atoms with van der Waals surface area (Å²) in [6, 6.07) is 7.01. The lowest BCUT2D eigenvalue weighted by atomic mass is 9.94. The highest BCUT2D eigenvalue weighted by Gasteiger charge is 2.17. The summed E-state index contributed by atoms with van der Waals surface area (Å²) >= 11 is 0. The third-order valence-corrected chi connectivity index (χ3v) is 4.88. The van der Waals surface area contributed by atoms with Crippen molar-refractivity contribution in [2.45, 2.75) is 24.2 Å². The average molecular weight is 280 g/mol. The maximum atomic E-state index is 11.9. The van der Waals surface area contributed by atoms with Gasteiger partial charge in [-0.05, 0) is 44.4 Å². The zero-order valence-corrected chi connectivity index (χ0v) is 11.9. The molecule has 0 saturated carbocycles. The molecule has 0 heterocycles. The van der Waals surface area contributed by atoms with Crippen molar-refractivity contribution in [3.63, 3.8) is 0 Å². The van der Waals surface area contributed by atoms with E-state index in [0.29, 0.717) is 16.5 Å². The number of para-hydroxylation sites is 1. The van der Waals surface area contributed by atoms with Gasteiger partial charge in [0.1, 0.15) is 4.90 Å². The number of allylic oxidation sites excluding steroid dienone is 2. The van der Waals surface area contributed by atoms with Crippen LogP contribution in [0.4, 0.5) is 5.69 Å². The molecule has 1 unspecified atom stereocenters. The number of benzene rings is 1. The first-order valence-corrected chi connectivity index (χ1v) is 8.03. The summed E-state index contributed by atoms with van der Waals surface area (Å²) < 4.78 is 26.2. The van der Waals surface area contributed by atoms with E-state index in [1.54, 1.807) is 12.1 Å². The quantitative estimate of drug-likeness (QED) is 0.814. The van der Waals surface area contributed by atoms with Gasteiger partial charge in [0.2, 0.25) is 10.0 Å². The van der Waals surface area contributed by atoms with Crippen LogP contribution >= 0.6 is 0 Å². The summed E-state index contributed by atoms with van der Waals surface area (Å²) in [6.45, 7) is 0.806. The summed E-state index contributed by atoms with van der Waals surface area (Å²) in [5.41, 5.74) is 0.673. The molecule has 2 rings (SSSR count). The second-order valence-corrected chi connectivity index (χ2v) is 6.59. The molecule has 1 aliphatic carbocycles. The Morgan fingerprint density at radius 1 is 1.26 bits per heavy atom. The molecule has 0 saturated heterocycles. The van der Waals surface area contributed by atoms with Crippen LogP contribution in [-0.2, 0) is 10.0 Å². The lowest BCUT2D eigenvalue weighted by Crippen LogP contribution is -2.22. The molecular formula is C14H20N2O2S. The van der Waals surface area contributed by atoms with Gasteiger partial charge in [-0.1, -0.05) is 24.3 Å². The second-order valence-electron chi connectivity index (χ2n) is 4.74. The molecule has 0 bridgehead atoms. The van der Waals surface area contributed by atoms with E-state index in [2.05, 4.69) is 22.2 Å². The number of rotatable bonds is 5. The molecule has 1 atom stereocenters. The zero-order chi connectivity index (χ0) is 13.7. The molecule has 19 heavy (non-hydrogen) atoms. The summed E-state index contributed by atoms with van der Waals surface area (Å²) in [5.74, 6) is 0.579. The van der Waals surface area contributed by atoms with Gasteiger partial charge in [-0.25, -0.2) is 13.1 Å². The smallest absolute Gasteiger partial charge is 0.242 e. The van der Waals surface area contributed by atoms with Crippen LogP contribution in [0.2, 0.25) is 0 Å². The molecule has 1 aromatic carbocycles. The van der Waals surface area contributed by atoms with Crippen LogP contribution in [0.5, 0.6) is 0 Å². The Bertz CT molecular complexity index is 552. The molecule has 4 nitrogen and oxygen atoms in total. The maximum Gasteiger partial charge on any atom is 0.242 e. The molecule has 2 N–H and O–H groups in total. The first kappa shape index (κ1) is 14.1. The largest absolute Gasteiger partial charge is 0.384 e. The molecule has 5 heteroatoms. The van der Waals surface area contributed by atoms with Crippen LogP contribution in [-0.4, -0.2) is 22.0 Å². The molecule has 0 radical (unpaired) electrons. The van der Waals surface area contributed by atoms with Crippen molar-refractivity contribution in [1.29, 1.82) is 0 Å². The summed E-state index contributed by atoms with van der Waals surface area (Å²) in [7, 11) is -1.98. The normalized spacial score (nSPS) is 19.3. The van der Waals surface area contributed by atoms with E-state index in [1.165, 1.54) is 7.05 Å². The van der Waals surface area contributed by atoms with Crippen LogP contribution in [0.25, 0.3) is 0 Å². The molecule has 0 fully saturated rings. The lowest BCUT2D eigenvalue weighted by molar-refractivity contribution is 0.503. The van der Waals surface area contributed by atoms with Crippen LogP contribution < -0.4 is 10.0 Å². The van der Waals surface area contributed by atoms with E-state index in [9.17, 15) is 8.42 Å². The van der Waals surface area contributed by atoms with Gasteiger partial charge in [0, 0.05) is 6.54 Å². The maximum absolute atomic E-state index is 11.9. The molecule has 0 aliphatic heterocycles. The van der Waals surface area contributed by atoms with Crippen molar-refractivity contribution in [3.8, 4) is 0 Å². The van der Waals surface area contributed by atoms with Gasteiger partial charge in [0.05, 0.1) is 5.69 Å². The Labute approximate surface area is 115 Å². The Morgan fingerprint density at radius 2 is 2.05 bits per heavy atom. The first-order chi connectivity index (χ1) is 9.13. The average Bonchev–Trinajstić information content (AvgIpc) is 2.46. The van der Waals surface area contributed by atoms with Crippen molar-refractivity contribution >= 4 is 15.7 Å². The van der Waals surface area contributed by atoms with E-state index < -0.39 is 10.0 Å². The number of nitrogens with one attached hydrogen (secondary N) is 2. The molecule has 104 valence electrons. The lowest BCUT2D eigenvalue weighted by Gasteiger charge is -2.20. The summed E-state index contributed by atoms with van der Waals surface area (Å²) in [4.78, 5) is 0.309. The Kier molecular flexibility index (Phi) is 4.61. The molecule has 0 aromatic heterocycles. The van der Waals surface area contributed by atoms with Crippen molar-refractivity contribution < 1.29 is 8.42 Å².